The first-order valence-electron chi connectivity index (χ1n) is 6.07. The molecule has 0 bridgehead atoms. The molecule has 0 radical (unpaired) electrons. The van der Waals surface area contributed by atoms with Crippen LogP contribution in [0.5, 0.6) is 0 Å². The van der Waals surface area contributed by atoms with Gasteiger partial charge in [0.25, 0.3) is 5.91 Å². The molecule has 1 aromatic carbocycles. The van der Waals surface area contributed by atoms with E-state index < -0.39 is 0 Å². The number of hydrogen-bond donors (Lipinski definition) is 1. The van der Waals surface area contributed by atoms with Gasteiger partial charge in [0.2, 0.25) is 0 Å². The number of rotatable bonds is 3. The molecule has 0 aliphatic rings. The number of carbonyl (C=O) groups is 1. The summed E-state index contributed by atoms with van der Waals surface area (Å²) >= 11 is 2.98. The van der Waals surface area contributed by atoms with Crippen LogP contribution in [0.2, 0.25) is 0 Å². The summed E-state index contributed by atoms with van der Waals surface area (Å²) in [5, 5.41) is 16.1. The summed E-state index contributed by atoms with van der Waals surface area (Å²) in [7, 11) is 0. The fraction of sp³-hybridized carbons (Fsp3) is 0. The highest BCUT2D eigenvalue weighted by Gasteiger charge is 2.10. The molecular weight excluding hydrogens is 302 g/mol. The van der Waals surface area contributed by atoms with Crippen molar-refractivity contribution in [2.45, 2.75) is 0 Å². The zero-order valence-electron chi connectivity index (χ0n) is 10.7. The smallest absolute Gasteiger partial charge is 0.257 e. The summed E-state index contributed by atoms with van der Waals surface area (Å²) in [6.07, 6.45) is 0. The van der Waals surface area contributed by atoms with Crippen molar-refractivity contribution in [2.24, 2.45) is 0 Å². The van der Waals surface area contributed by atoms with Gasteiger partial charge in [-0.05, 0) is 29.6 Å². The Morgan fingerprint density at radius 3 is 2.90 bits per heavy atom. The number of benzene rings is 1. The van der Waals surface area contributed by atoms with Crippen LogP contribution in [0.25, 0.3) is 10.6 Å². The Balaban J connectivity index is 1.77. The van der Waals surface area contributed by atoms with Crippen molar-refractivity contribution in [2.75, 3.05) is 5.32 Å². The lowest BCUT2D eigenvalue weighted by Crippen LogP contribution is -2.11. The molecule has 0 spiro atoms. The van der Waals surface area contributed by atoms with Gasteiger partial charge in [-0.1, -0.05) is 12.1 Å². The number of carbonyl (C=O) groups excluding carboxylic acids is 1. The Morgan fingerprint density at radius 2 is 2.14 bits per heavy atom. The molecule has 6 heteroatoms. The fourth-order valence-electron chi connectivity index (χ4n) is 1.77. The molecule has 21 heavy (non-hydrogen) atoms. The highest BCUT2D eigenvalue weighted by Crippen LogP contribution is 2.28. The van der Waals surface area contributed by atoms with Crippen molar-refractivity contribution in [3.63, 3.8) is 0 Å². The summed E-state index contributed by atoms with van der Waals surface area (Å²) in [6, 6.07) is 12.5. The van der Waals surface area contributed by atoms with Crippen LogP contribution in [0, 0.1) is 11.3 Å². The molecule has 3 rings (SSSR count). The molecule has 0 saturated heterocycles. The molecule has 1 N–H and O–H groups in total. The summed E-state index contributed by atoms with van der Waals surface area (Å²) in [6.45, 7) is 0. The van der Waals surface area contributed by atoms with Crippen molar-refractivity contribution < 1.29 is 4.79 Å². The topological polar surface area (TPSA) is 65.8 Å². The quantitative estimate of drug-likeness (QED) is 0.795. The molecular formula is C15H9N3OS2. The third kappa shape index (κ3) is 2.99. The largest absolute Gasteiger partial charge is 0.298 e. The van der Waals surface area contributed by atoms with E-state index in [0.717, 1.165) is 10.6 Å². The number of nitrogens with one attached hydrogen (secondary N) is 1. The van der Waals surface area contributed by atoms with Crippen LogP contribution < -0.4 is 5.32 Å². The van der Waals surface area contributed by atoms with Crippen LogP contribution in [0.15, 0.2) is 47.2 Å². The SMILES string of the molecule is N#Cc1cccc(C(=O)Nc2nc(-c3cccs3)cs2)c1. The van der Waals surface area contributed by atoms with E-state index in [9.17, 15) is 4.79 Å². The van der Waals surface area contributed by atoms with E-state index >= 15 is 0 Å². The van der Waals surface area contributed by atoms with Crippen LogP contribution in [0.1, 0.15) is 15.9 Å². The fourth-order valence-corrected chi connectivity index (χ4v) is 3.23. The average molecular weight is 311 g/mol. The van der Waals surface area contributed by atoms with E-state index in [4.69, 9.17) is 5.26 Å². The Hall–Kier alpha value is -2.49. The Kier molecular flexibility index (Phi) is 3.77. The van der Waals surface area contributed by atoms with Crippen LogP contribution >= 0.6 is 22.7 Å². The average Bonchev–Trinajstić information content (AvgIpc) is 3.18. The van der Waals surface area contributed by atoms with E-state index in [2.05, 4.69) is 10.3 Å². The number of nitriles is 1. The van der Waals surface area contributed by atoms with Gasteiger partial charge in [-0.3, -0.25) is 10.1 Å². The molecule has 4 nitrogen and oxygen atoms in total. The molecule has 102 valence electrons. The number of nitrogens with zero attached hydrogens (tertiary/aromatic N) is 2. The van der Waals surface area contributed by atoms with E-state index in [0.29, 0.717) is 16.3 Å². The molecule has 0 fully saturated rings. The predicted molar refractivity (Wildman–Crippen MR) is 84.5 cm³/mol. The zero-order chi connectivity index (χ0) is 14.7. The van der Waals surface area contributed by atoms with Crippen LogP contribution in [-0.2, 0) is 0 Å². The van der Waals surface area contributed by atoms with Gasteiger partial charge >= 0.3 is 0 Å². The molecule has 0 saturated carbocycles. The highest BCUT2D eigenvalue weighted by atomic mass is 32.1. The molecule has 0 aliphatic heterocycles. The number of thiophene rings is 1. The molecule has 2 aromatic heterocycles. The summed E-state index contributed by atoms with van der Waals surface area (Å²) in [5.41, 5.74) is 1.76. The second-order valence-corrected chi connectivity index (χ2v) is 5.97. The molecule has 0 unspecified atom stereocenters. The monoisotopic (exact) mass is 311 g/mol. The first-order valence-corrected chi connectivity index (χ1v) is 7.83. The lowest BCUT2D eigenvalue weighted by Gasteiger charge is -2.01. The van der Waals surface area contributed by atoms with Gasteiger partial charge in [0, 0.05) is 10.9 Å². The molecule has 3 aromatic rings. The Labute approximate surface area is 129 Å². The normalized spacial score (nSPS) is 10.0. The predicted octanol–water partition coefficient (Wildman–Crippen LogP) is 4.00. The van der Waals surface area contributed by atoms with Crippen molar-refractivity contribution in [3.05, 3.63) is 58.3 Å². The third-order valence-corrected chi connectivity index (χ3v) is 4.40. The maximum Gasteiger partial charge on any atom is 0.257 e. The minimum Gasteiger partial charge on any atom is -0.298 e. The maximum atomic E-state index is 12.1. The second kappa shape index (κ2) is 5.87. The first-order chi connectivity index (χ1) is 10.3. The minimum absolute atomic E-state index is 0.265. The summed E-state index contributed by atoms with van der Waals surface area (Å²) in [5.74, 6) is -0.265. The standard InChI is InChI=1S/C15H9N3OS2/c16-8-10-3-1-4-11(7-10)14(19)18-15-17-12(9-21-15)13-5-2-6-20-13/h1-7,9H,(H,17,18,19). The minimum atomic E-state index is -0.265. The zero-order valence-corrected chi connectivity index (χ0v) is 12.4. The highest BCUT2D eigenvalue weighted by molar-refractivity contribution is 7.16. The van der Waals surface area contributed by atoms with Gasteiger partial charge in [0.1, 0.15) is 0 Å². The van der Waals surface area contributed by atoms with Gasteiger partial charge in [-0.2, -0.15) is 5.26 Å². The van der Waals surface area contributed by atoms with Gasteiger partial charge in [0.15, 0.2) is 5.13 Å². The van der Waals surface area contributed by atoms with Gasteiger partial charge in [0.05, 0.1) is 22.2 Å². The Bertz CT molecular complexity index is 816. The molecule has 2 heterocycles. The third-order valence-electron chi connectivity index (χ3n) is 2.75. The van der Waals surface area contributed by atoms with Crippen LogP contribution in [0.3, 0.4) is 0 Å². The number of aromatic nitrogens is 1. The lowest BCUT2D eigenvalue weighted by atomic mass is 10.1. The molecule has 1 amide bonds. The van der Waals surface area contributed by atoms with Gasteiger partial charge in [-0.15, -0.1) is 22.7 Å². The van der Waals surface area contributed by atoms with Gasteiger partial charge < -0.3 is 0 Å². The second-order valence-electron chi connectivity index (χ2n) is 4.16. The summed E-state index contributed by atoms with van der Waals surface area (Å²) in [4.78, 5) is 17.6. The number of amides is 1. The number of thiazole rings is 1. The lowest BCUT2D eigenvalue weighted by molar-refractivity contribution is 0.102. The maximum absolute atomic E-state index is 12.1. The Morgan fingerprint density at radius 1 is 1.24 bits per heavy atom. The van der Waals surface area contributed by atoms with Crippen LogP contribution in [-0.4, -0.2) is 10.9 Å². The van der Waals surface area contributed by atoms with Gasteiger partial charge in [-0.25, -0.2) is 4.98 Å². The number of hydrogen-bond acceptors (Lipinski definition) is 5. The van der Waals surface area contributed by atoms with Crippen molar-refractivity contribution in [3.8, 4) is 16.6 Å². The first kappa shape index (κ1) is 13.5. The van der Waals surface area contributed by atoms with E-state index in [1.807, 2.05) is 29.0 Å². The van der Waals surface area contributed by atoms with Crippen molar-refractivity contribution in [1.29, 1.82) is 5.26 Å². The van der Waals surface area contributed by atoms with Crippen LogP contribution in [0.4, 0.5) is 5.13 Å². The van der Waals surface area contributed by atoms with E-state index in [1.54, 1.807) is 35.6 Å². The van der Waals surface area contributed by atoms with E-state index in [-0.39, 0.29) is 5.91 Å². The number of anilines is 1. The van der Waals surface area contributed by atoms with Crippen molar-refractivity contribution in [1.82, 2.24) is 4.98 Å². The van der Waals surface area contributed by atoms with Crippen molar-refractivity contribution >= 4 is 33.7 Å². The molecule has 0 aliphatic carbocycles. The van der Waals surface area contributed by atoms with E-state index in [1.165, 1.54) is 11.3 Å². The summed E-state index contributed by atoms with van der Waals surface area (Å²) < 4.78 is 0. The molecule has 0 atom stereocenters.